The minimum Gasteiger partial charge on any atom is -0.492 e. The predicted octanol–water partition coefficient (Wildman–Crippen LogP) is 3.30. The van der Waals surface area contributed by atoms with E-state index in [-0.39, 0.29) is 6.04 Å². The number of methoxy groups -OCH3 is 1. The van der Waals surface area contributed by atoms with Crippen molar-refractivity contribution in [2.45, 2.75) is 19.9 Å². The second-order valence-electron chi connectivity index (χ2n) is 4.19. The number of nitrogens with one attached hydrogen (secondary N) is 1. The van der Waals surface area contributed by atoms with Crippen molar-refractivity contribution in [2.24, 2.45) is 0 Å². The zero-order chi connectivity index (χ0) is 13.1. The molecule has 0 amide bonds. The van der Waals surface area contributed by atoms with Crippen LogP contribution in [-0.2, 0) is 4.74 Å². The summed E-state index contributed by atoms with van der Waals surface area (Å²) in [4.78, 5) is 3.22. The number of hydrogen-bond donors (Lipinski definition) is 1. The zero-order valence-electron chi connectivity index (χ0n) is 10.9. The molecular weight excluding hydrogens is 248 g/mol. The summed E-state index contributed by atoms with van der Waals surface area (Å²) in [5, 5.41) is 0. The van der Waals surface area contributed by atoms with E-state index in [4.69, 9.17) is 21.7 Å². The topological polar surface area (TPSA) is 39.2 Å². The average Bonchev–Trinajstić information content (AvgIpc) is 2.67. The number of aromatic amines is 1. The van der Waals surface area contributed by atoms with Crippen molar-refractivity contribution in [1.29, 1.82) is 0 Å². The lowest BCUT2D eigenvalue weighted by atomic mass is 10.2. The normalized spacial score (nSPS) is 12.8. The Balaban J connectivity index is 2.58. The highest BCUT2D eigenvalue weighted by Gasteiger charge is 2.13. The molecule has 2 aromatic rings. The lowest BCUT2D eigenvalue weighted by Crippen LogP contribution is -2.10. The van der Waals surface area contributed by atoms with Crippen LogP contribution in [0.2, 0.25) is 0 Å². The Labute approximate surface area is 112 Å². The first-order valence-corrected chi connectivity index (χ1v) is 6.44. The van der Waals surface area contributed by atoms with Crippen LogP contribution in [0, 0.1) is 4.77 Å². The summed E-state index contributed by atoms with van der Waals surface area (Å²) >= 11 is 5.38. The summed E-state index contributed by atoms with van der Waals surface area (Å²) in [6.07, 6.45) is 0. The molecule has 0 spiro atoms. The molecule has 1 unspecified atom stereocenters. The van der Waals surface area contributed by atoms with Gasteiger partial charge < -0.3 is 19.0 Å². The van der Waals surface area contributed by atoms with Gasteiger partial charge in [-0.25, -0.2) is 0 Å². The van der Waals surface area contributed by atoms with Crippen LogP contribution < -0.4 is 4.74 Å². The Kier molecular flexibility index (Phi) is 4.04. The van der Waals surface area contributed by atoms with Crippen LogP contribution in [0.1, 0.15) is 19.9 Å². The predicted molar refractivity (Wildman–Crippen MR) is 74.9 cm³/mol. The van der Waals surface area contributed by atoms with Crippen LogP contribution in [0.3, 0.4) is 0 Å². The molecule has 0 aliphatic rings. The molecule has 2 rings (SSSR count). The number of hydrogen-bond acceptors (Lipinski definition) is 3. The molecule has 5 heteroatoms. The third-order valence-electron chi connectivity index (χ3n) is 2.86. The number of aromatic nitrogens is 2. The molecule has 1 aromatic heterocycles. The van der Waals surface area contributed by atoms with Gasteiger partial charge in [-0.2, -0.15) is 0 Å². The Bertz CT molecular complexity index is 588. The second-order valence-corrected chi connectivity index (χ2v) is 4.57. The SMILES string of the molecule is CCOc1cccc2c1[nH]c(=S)n2C(C)COC. The largest absolute Gasteiger partial charge is 0.492 e. The molecule has 0 fully saturated rings. The van der Waals surface area contributed by atoms with E-state index in [1.807, 2.05) is 25.1 Å². The van der Waals surface area contributed by atoms with E-state index < -0.39 is 0 Å². The van der Waals surface area contributed by atoms with Crippen LogP contribution in [0.5, 0.6) is 5.75 Å². The number of nitrogens with zero attached hydrogens (tertiary/aromatic N) is 1. The highest BCUT2D eigenvalue weighted by Crippen LogP contribution is 2.27. The van der Waals surface area contributed by atoms with Crippen LogP contribution in [-0.4, -0.2) is 29.9 Å². The van der Waals surface area contributed by atoms with Gasteiger partial charge in [-0.05, 0) is 38.2 Å². The van der Waals surface area contributed by atoms with Crippen molar-refractivity contribution in [3.63, 3.8) is 0 Å². The van der Waals surface area contributed by atoms with Gasteiger partial charge in [0.15, 0.2) is 4.77 Å². The van der Waals surface area contributed by atoms with E-state index in [1.165, 1.54) is 0 Å². The number of rotatable bonds is 5. The van der Waals surface area contributed by atoms with E-state index in [9.17, 15) is 0 Å². The summed E-state index contributed by atoms with van der Waals surface area (Å²) in [6, 6.07) is 6.15. The molecule has 98 valence electrons. The van der Waals surface area contributed by atoms with Crippen LogP contribution in [0.4, 0.5) is 0 Å². The highest BCUT2D eigenvalue weighted by atomic mass is 32.1. The molecule has 4 nitrogen and oxygen atoms in total. The summed E-state index contributed by atoms with van der Waals surface area (Å²) in [5.41, 5.74) is 2.00. The van der Waals surface area contributed by atoms with E-state index in [2.05, 4.69) is 16.5 Å². The minimum absolute atomic E-state index is 0.188. The fourth-order valence-electron chi connectivity index (χ4n) is 2.15. The molecule has 1 aromatic carbocycles. The maximum atomic E-state index is 5.61. The van der Waals surface area contributed by atoms with Gasteiger partial charge in [0.05, 0.1) is 24.8 Å². The molecule has 0 bridgehead atoms. The van der Waals surface area contributed by atoms with E-state index >= 15 is 0 Å². The Morgan fingerprint density at radius 1 is 1.44 bits per heavy atom. The first kappa shape index (κ1) is 13.1. The summed E-state index contributed by atoms with van der Waals surface area (Å²) < 4.78 is 13.6. The summed E-state index contributed by atoms with van der Waals surface area (Å²) in [5.74, 6) is 0.837. The van der Waals surface area contributed by atoms with Gasteiger partial charge in [0, 0.05) is 7.11 Å². The molecule has 0 aliphatic heterocycles. The number of para-hydroxylation sites is 1. The van der Waals surface area contributed by atoms with Gasteiger partial charge >= 0.3 is 0 Å². The lowest BCUT2D eigenvalue weighted by Gasteiger charge is -2.13. The maximum absolute atomic E-state index is 5.61. The van der Waals surface area contributed by atoms with Crippen LogP contribution >= 0.6 is 12.2 Å². The summed E-state index contributed by atoms with van der Waals surface area (Å²) in [6.45, 7) is 5.32. The smallest absolute Gasteiger partial charge is 0.178 e. The van der Waals surface area contributed by atoms with E-state index in [0.717, 1.165) is 16.8 Å². The second kappa shape index (κ2) is 5.54. The molecule has 1 N–H and O–H groups in total. The zero-order valence-corrected chi connectivity index (χ0v) is 11.7. The molecule has 0 saturated carbocycles. The minimum atomic E-state index is 0.188. The van der Waals surface area contributed by atoms with Crippen molar-refractivity contribution in [3.05, 3.63) is 23.0 Å². The molecule has 0 saturated heterocycles. The maximum Gasteiger partial charge on any atom is 0.178 e. The van der Waals surface area contributed by atoms with Crippen LogP contribution in [0.25, 0.3) is 11.0 Å². The molecule has 1 heterocycles. The Morgan fingerprint density at radius 3 is 2.89 bits per heavy atom. The van der Waals surface area contributed by atoms with Crippen molar-refractivity contribution < 1.29 is 9.47 Å². The van der Waals surface area contributed by atoms with Crippen molar-refractivity contribution in [1.82, 2.24) is 9.55 Å². The average molecular weight is 266 g/mol. The lowest BCUT2D eigenvalue weighted by molar-refractivity contribution is 0.163. The Hall–Kier alpha value is -1.33. The van der Waals surface area contributed by atoms with Gasteiger partial charge in [-0.15, -0.1) is 0 Å². The molecule has 18 heavy (non-hydrogen) atoms. The highest BCUT2D eigenvalue weighted by molar-refractivity contribution is 7.71. The summed E-state index contributed by atoms with van der Waals surface area (Å²) in [7, 11) is 1.70. The number of benzene rings is 1. The van der Waals surface area contributed by atoms with Crippen molar-refractivity contribution >= 4 is 23.3 Å². The van der Waals surface area contributed by atoms with Gasteiger partial charge in [0.1, 0.15) is 11.3 Å². The standard InChI is InChI=1S/C13H18N2O2S/c1-4-17-11-7-5-6-10-12(11)14-13(18)15(10)9(2)8-16-3/h5-7,9H,4,8H2,1-3H3,(H,14,18). The quantitative estimate of drug-likeness (QED) is 0.844. The Morgan fingerprint density at radius 2 is 2.22 bits per heavy atom. The fourth-order valence-corrected chi connectivity index (χ4v) is 2.53. The van der Waals surface area contributed by atoms with Gasteiger partial charge in [-0.1, -0.05) is 6.07 Å². The fraction of sp³-hybridized carbons (Fsp3) is 0.462. The molecule has 0 radical (unpaired) electrons. The van der Waals surface area contributed by atoms with Crippen molar-refractivity contribution in [3.8, 4) is 5.75 Å². The van der Waals surface area contributed by atoms with E-state index in [0.29, 0.717) is 18.0 Å². The first-order chi connectivity index (χ1) is 8.69. The van der Waals surface area contributed by atoms with Crippen molar-refractivity contribution in [2.75, 3.05) is 20.3 Å². The third-order valence-corrected chi connectivity index (χ3v) is 3.16. The van der Waals surface area contributed by atoms with Gasteiger partial charge in [0.2, 0.25) is 0 Å². The first-order valence-electron chi connectivity index (χ1n) is 6.04. The number of imidazole rings is 1. The number of fused-ring (bicyclic) bond motifs is 1. The molecule has 1 atom stereocenters. The van der Waals surface area contributed by atoms with Crippen LogP contribution in [0.15, 0.2) is 18.2 Å². The van der Waals surface area contributed by atoms with E-state index in [1.54, 1.807) is 7.11 Å². The molecule has 0 aliphatic carbocycles. The number of H-pyrrole nitrogens is 1. The third kappa shape index (κ3) is 2.28. The monoisotopic (exact) mass is 266 g/mol. The number of ether oxygens (including phenoxy) is 2. The van der Waals surface area contributed by atoms with Gasteiger partial charge in [-0.3, -0.25) is 0 Å². The van der Waals surface area contributed by atoms with Gasteiger partial charge in [0.25, 0.3) is 0 Å². The molecular formula is C13H18N2O2S.